The molecule has 0 bridgehead atoms. The van der Waals surface area contributed by atoms with Crippen molar-refractivity contribution in [2.75, 3.05) is 13.2 Å². The number of aliphatic hydroxyl groups is 5. The summed E-state index contributed by atoms with van der Waals surface area (Å²) in [5.41, 5.74) is 0. The summed E-state index contributed by atoms with van der Waals surface area (Å²) < 4.78 is 33.5. The topological polar surface area (TPSA) is 210 Å². The van der Waals surface area contributed by atoms with Gasteiger partial charge >= 0.3 is 19.8 Å². The molecule has 0 heterocycles. The Balaban J connectivity index is 2.50. The Hall–Kier alpha value is -2.45. The highest BCUT2D eigenvalue weighted by Crippen LogP contribution is 2.47. The number of allylic oxidation sites excluding steroid dienone is 10. The molecule has 1 fully saturated rings. The highest BCUT2D eigenvalue weighted by molar-refractivity contribution is 7.47. The van der Waals surface area contributed by atoms with Crippen molar-refractivity contribution in [3.63, 3.8) is 0 Å². The maximum Gasteiger partial charge on any atom is 0.472 e. The molecule has 14 heteroatoms. The van der Waals surface area contributed by atoms with Crippen LogP contribution in [0.4, 0.5) is 0 Å². The Morgan fingerprint density at radius 2 is 0.950 bits per heavy atom. The maximum absolute atomic E-state index is 12.8. The zero-order valence-electron chi connectivity index (χ0n) is 36.5. The molecule has 1 rings (SSSR count). The number of unbranched alkanes of at least 4 members (excludes halogenated alkanes) is 14. The Bertz CT molecular complexity index is 1280. The van der Waals surface area contributed by atoms with Crippen molar-refractivity contribution in [3.8, 4) is 0 Å². The van der Waals surface area contributed by atoms with Crippen molar-refractivity contribution in [2.45, 2.75) is 204 Å². The molecular weight excluding hydrogens is 791 g/mol. The molecule has 6 unspecified atom stereocenters. The van der Waals surface area contributed by atoms with E-state index in [-0.39, 0.29) is 12.8 Å². The summed E-state index contributed by atoms with van der Waals surface area (Å²) in [6.45, 7) is 3.13. The minimum absolute atomic E-state index is 0.0714. The van der Waals surface area contributed by atoms with Crippen LogP contribution in [-0.2, 0) is 32.7 Å². The molecule has 1 aliphatic carbocycles. The third-order valence-corrected chi connectivity index (χ3v) is 11.1. The molecule has 6 N–H and O–H groups in total. The first-order valence-corrected chi connectivity index (χ1v) is 24.1. The number of rotatable bonds is 36. The van der Waals surface area contributed by atoms with Crippen molar-refractivity contribution >= 4 is 19.8 Å². The van der Waals surface area contributed by atoms with Crippen LogP contribution in [0.2, 0.25) is 0 Å². The van der Waals surface area contributed by atoms with Gasteiger partial charge < -0.3 is 39.9 Å². The van der Waals surface area contributed by atoms with Gasteiger partial charge in [-0.2, -0.15) is 0 Å². The first-order valence-electron chi connectivity index (χ1n) is 22.6. The zero-order valence-corrected chi connectivity index (χ0v) is 37.4. The molecule has 13 nitrogen and oxygen atoms in total. The van der Waals surface area contributed by atoms with Crippen molar-refractivity contribution in [2.24, 2.45) is 0 Å². The van der Waals surface area contributed by atoms with E-state index in [1.165, 1.54) is 25.7 Å². The van der Waals surface area contributed by atoms with Crippen LogP contribution in [0, 0.1) is 0 Å². The lowest BCUT2D eigenvalue weighted by Gasteiger charge is -2.41. The summed E-state index contributed by atoms with van der Waals surface area (Å²) in [6, 6.07) is 0. The number of carbonyl (C=O) groups is 2. The smallest absolute Gasteiger partial charge is 0.462 e. The van der Waals surface area contributed by atoms with Gasteiger partial charge in [0.2, 0.25) is 0 Å². The summed E-state index contributed by atoms with van der Waals surface area (Å²) in [7, 11) is -5.13. The first kappa shape index (κ1) is 55.6. The summed E-state index contributed by atoms with van der Waals surface area (Å²) in [4.78, 5) is 35.7. The standard InChI is InChI=1S/C46H79O13P/c1-3-5-7-9-11-13-15-17-19-21-22-24-26-28-30-32-34-39(47)56-36-38(37-57-60(54,55)59-46-44(52)42(50)41(49)43(51)45(46)53)58-40(48)35-33-31-29-27-25-23-20-18-16-14-12-10-8-6-4-2/h6,8,12-15,18-21,38,41-46,49-53H,3-5,7,9-11,16-17,22-37H2,1-2H3,(H,54,55)/b8-6-,14-12-,15-13-,20-18-,21-19-. The molecule has 60 heavy (non-hydrogen) atoms. The van der Waals surface area contributed by atoms with Crippen LogP contribution >= 0.6 is 7.82 Å². The fraction of sp³-hybridized carbons (Fsp3) is 0.739. The van der Waals surface area contributed by atoms with E-state index in [0.717, 1.165) is 96.3 Å². The van der Waals surface area contributed by atoms with Crippen LogP contribution in [0.25, 0.3) is 0 Å². The number of ether oxygens (including phenoxy) is 2. The van der Waals surface area contributed by atoms with E-state index in [2.05, 4.69) is 74.6 Å². The number of phosphoric acid groups is 1. The number of carbonyl (C=O) groups excluding carboxylic acids is 2. The van der Waals surface area contributed by atoms with E-state index in [1.807, 2.05) is 0 Å². The van der Waals surface area contributed by atoms with Gasteiger partial charge in [0.05, 0.1) is 6.61 Å². The summed E-state index contributed by atoms with van der Waals surface area (Å²) in [5.74, 6) is -1.14. The highest BCUT2D eigenvalue weighted by atomic mass is 31.2. The summed E-state index contributed by atoms with van der Waals surface area (Å²) >= 11 is 0. The average molecular weight is 871 g/mol. The number of hydrogen-bond acceptors (Lipinski definition) is 12. The van der Waals surface area contributed by atoms with Gasteiger partial charge in [0.25, 0.3) is 0 Å². The molecule has 1 aliphatic rings. The first-order chi connectivity index (χ1) is 28.9. The van der Waals surface area contributed by atoms with Crippen molar-refractivity contribution < 1.29 is 63.1 Å². The largest absolute Gasteiger partial charge is 0.472 e. The normalized spacial score (nSPS) is 22.7. The van der Waals surface area contributed by atoms with E-state index >= 15 is 0 Å². The van der Waals surface area contributed by atoms with Gasteiger partial charge in [0, 0.05) is 12.8 Å². The molecule has 0 aromatic heterocycles. The molecule has 0 aromatic carbocycles. The van der Waals surface area contributed by atoms with Gasteiger partial charge in [0.15, 0.2) is 6.10 Å². The van der Waals surface area contributed by atoms with Gasteiger partial charge in [-0.1, -0.05) is 132 Å². The van der Waals surface area contributed by atoms with Gasteiger partial charge in [-0.25, -0.2) is 4.57 Å². The second kappa shape index (κ2) is 36.1. The third-order valence-electron chi connectivity index (χ3n) is 10.1. The predicted molar refractivity (Wildman–Crippen MR) is 235 cm³/mol. The second-order valence-corrected chi connectivity index (χ2v) is 16.9. The maximum atomic E-state index is 12.8. The molecule has 6 atom stereocenters. The molecular formula is C46H79O13P. The lowest BCUT2D eigenvalue weighted by molar-refractivity contribution is -0.220. The van der Waals surface area contributed by atoms with E-state index in [9.17, 15) is 44.6 Å². The zero-order chi connectivity index (χ0) is 44.3. The van der Waals surface area contributed by atoms with Crippen LogP contribution in [0.15, 0.2) is 60.8 Å². The highest BCUT2D eigenvalue weighted by Gasteiger charge is 2.51. The van der Waals surface area contributed by atoms with Crippen LogP contribution in [-0.4, -0.2) is 98.3 Å². The summed E-state index contributed by atoms with van der Waals surface area (Å²) in [5, 5.41) is 50.1. The fourth-order valence-electron chi connectivity index (χ4n) is 6.45. The monoisotopic (exact) mass is 871 g/mol. The van der Waals surface area contributed by atoms with E-state index in [4.69, 9.17) is 18.5 Å². The lowest BCUT2D eigenvalue weighted by atomic mass is 9.85. The predicted octanol–water partition coefficient (Wildman–Crippen LogP) is 8.55. The third kappa shape index (κ3) is 28.2. The SMILES string of the molecule is CC/C=C\C/C=C\C/C=C\CCCCCCCC(=O)OC(COC(=O)CCCCCCC/C=C\C/C=C\CCCCCC)COP(=O)(O)OC1C(O)C(O)C(O)C(O)C1O. The number of hydrogen-bond donors (Lipinski definition) is 6. The molecule has 0 aromatic rings. The van der Waals surface area contributed by atoms with E-state index in [1.54, 1.807) is 0 Å². The molecule has 0 amide bonds. The Morgan fingerprint density at radius 1 is 0.533 bits per heavy atom. The summed E-state index contributed by atoms with van der Waals surface area (Å²) in [6.07, 6.45) is 29.9. The fourth-order valence-corrected chi connectivity index (χ4v) is 7.42. The van der Waals surface area contributed by atoms with Crippen LogP contribution in [0.1, 0.15) is 162 Å². The van der Waals surface area contributed by atoms with E-state index in [0.29, 0.717) is 12.8 Å². The van der Waals surface area contributed by atoms with Gasteiger partial charge in [-0.05, 0) is 77.0 Å². The minimum atomic E-state index is -5.13. The van der Waals surface area contributed by atoms with E-state index < -0.39 is 75.7 Å². The van der Waals surface area contributed by atoms with Gasteiger partial charge in [-0.15, -0.1) is 0 Å². The average Bonchev–Trinajstić information content (AvgIpc) is 3.23. The number of esters is 2. The minimum Gasteiger partial charge on any atom is -0.462 e. The van der Waals surface area contributed by atoms with Crippen LogP contribution in [0.5, 0.6) is 0 Å². The van der Waals surface area contributed by atoms with Crippen molar-refractivity contribution in [1.29, 1.82) is 0 Å². The van der Waals surface area contributed by atoms with Gasteiger partial charge in [-0.3, -0.25) is 18.6 Å². The molecule has 346 valence electrons. The van der Waals surface area contributed by atoms with Crippen LogP contribution in [0.3, 0.4) is 0 Å². The molecule has 0 saturated heterocycles. The molecule has 1 saturated carbocycles. The lowest BCUT2D eigenvalue weighted by Crippen LogP contribution is -2.64. The number of aliphatic hydroxyl groups excluding tert-OH is 5. The molecule has 0 radical (unpaired) electrons. The second-order valence-electron chi connectivity index (χ2n) is 15.5. The van der Waals surface area contributed by atoms with Gasteiger partial charge in [0.1, 0.15) is 43.2 Å². The molecule has 0 aliphatic heterocycles. The quantitative estimate of drug-likeness (QED) is 0.0151. The van der Waals surface area contributed by atoms with Crippen molar-refractivity contribution in [3.05, 3.63) is 60.8 Å². The Labute approximate surface area is 360 Å². The Morgan fingerprint density at radius 3 is 1.45 bits per heavy atom. The van der Waals surface area contributed by atoms with Crippen molar-refractivity contribution in [1.82, 2.24) is 0 Å². The molecule has 0 spiro atoms. The number of phosphoric ester groups is 1. The Kier molecular flexibility index (Phi) is 33.4. The van der Waals surface area contributed by atoms with Crippen LogP contribution < -0.4 is 0 Å².